The number of amides is 1. The van der Waals surface area contributed by atoms with Crippen molar-refractivity contribution in [1.29, 1.82) is 0 Å². The lowest BCUT2D eigenvalue weighted by Crippen LogP contribution is -2.32. The van der Waals surface area contributed by atoms with E-state index in [4.69, 9.17) is 5.73 Å². The highest BCUT2D eigenvalue weighted by Crippen LogP contribution is 2.59. The van der Waals surface area contributed by atoms with Gasteiger partial charge in [-0.2, -0.15) is 13.2 Å². The number of alkyl halides is 3. The zero-order valence-electron chi connectivity index (χ0n) is 10.8. The Bertz CT molecular complexity index is 488. The van der Waals surface area contributed by atoms with Crippen molar-refractivity contribution in [1.82, 2.24) is 0 Å². The third-order valence-electron chi connectivity index (χ3n) is 3.75. The lowest BCUT2D eigenvalue weighted by molar-refractivity contribution is -0.134. The minimum atomic E-state index is -4.33. The molecular weight excluding hydrogens is 275 g/mol. The summed E-state index contributed by atoms with van der Waals surface area (Å²) in [5.74, 6) is -0.533. The minimum absolute atomic E-state index is 0.0785. The van der Waals surface area contributed by atoms with Crippen molar-refractivity contribution >= 4 is 17.2 Å². The highest BCUT2D eigenvalue weighted by atomic mass is 32.1. The topological polar surface area (TPSA) is 43.1 Å². The predicted molar refractivity (Wildman–Crippen MR) is 67.8 cm³/mol. The summed E-state index contributed by atoms with van der Waals surface area (Å²) in [6.45, 7) is 3.83. The summed E-state index contributed by atoms with van der Waals surface area (Å²) in [6.07, 6.45) is -2.98. The van der Waals surface area contributed by atoms with Crippen molar-refractivity contribution in [3.05, 3.63) is 21.9 Å². The average Bonchev–Trinajstić information content (AvgIpc) is 2.87. The lowest BCUT2D eigenvalue weighted by Gasteiger charge is -2.27. The van der Waals surface area contributed by atoms with Gasteiger partial charge in [0, 0.05) is 10.8 Å². The number of carbonyl (C=O) groups is 1. The Kier molecular flexibility index (Phi) is 3.41. The monoisotopic (exact) mass is 291 g/mol. The summed E-state index contributed by atoms with van der Waals surface area (Å²) in [7, 11) is 0. The molecule has 6 heteroatoms. The lowest BCUT2D eigenvalue weighted by atomic mass is 9.79. The second-order valence-corrected chi connectivity index (χ2v) is 6.56. The summed E-state index contributed by atoms with van der Waals surface area (Å²) in [6, 6.07) is 2.58. The molecule has 0 bridgehead atoms. The van der Waals surface area contributed by atoms with Gasteiger partial charge in [-0.15, -0.1) is 11.3 Å². The highest BCUT2D eigenvalue weighted by molar-refractivity contribution is 7.12. The fourth-order valence-corrected chi connectivity index (χ4v) is 4.02. The van der Waals surface area contributed by atoms with Gasteiger partial charge in [0.05, 0.1) is 5.41 Å². The molecule has 2 nitrogen and oxygen atoms in total. The molecule has 1 atom stereocenters. The first-order chi connectivity index (χ1) is 8.68. The fraction of sp³-hybridized carbons (Fsp3) is 0.615. The Labute approximate surface area is 113 Å². The first-order valence-electron chi connectivity index (χ1n) is 6.15. The van der Waals surface area contributed by atoms with Gasteiger partial charge in [-0.3, -0.25) is 4.79 Å². The SMILES string of the molecule is CC(C)[C@H](c1ccc(C(F)(F)F)s1)C1(C(N)=O)CC1. The van der Waals surface area contributed by atoms with E-state index in [9.17, 15) is 18.0 Å². The van der Waals surface area contributed by atoms with Gasteiger partial charge >= 0.3 is 6.18 Å². The van der Waals surface area contributed by atoms with E-state index in [2.05, 4.69) is 0 Å². The van der Waals surface area contributed by atoms with Crippen LogP contribution in [0.4, 0.5) is 13.2 Å². The maximum Gasteiger partial charge on any atom is 0.425 e. The minimum Gasteiger partial charge on any atom is -0.369 e. The van der Waals surface area contributed by atoms with Crippen LogP contribution in [-0.4, -0.2) is 5.91 Å². The molecular formula is C13H16F3NOS. The molecule has 106 valence electrons. The molecule has 0 radical (unpaired) electrons. The zero-order valence-corrected chi connectivity index (χ0v) is 11.6. The van der Waals surface area contributed by atoms with Crippen molar-refractivity contribution in [3.8, 4) is 0 Å². The van der Waals surface area contributed by atoms with Crippen molar-refractivity contribution in [2.45, 2.75) is 38.8 Å². The van der Waals surface area contributed by atoms with Crippen LogP contribution in [-0.2, 0) is 11.0 Å². The molecule has 1 aliphatic carbocycles. The van der Waals surface area contributed by atoms with Crippen LogP contribution in [0.3, 0.4) is 0 Å². The summed E-state index contributed by atoms with van der Waals surface area (Å²) in [5, 5.41) is 0. The van der Waals surface area contributed by atoms with Gasteiger partial charge in [-0.25, -0.2) is 0 Å². The number of primary amides is 1. The summed E-state index contributed by atoms with van der Waals surface area (Å²) in [5.41, 5.74) is 4.81. The van der Waals surface area contributed by atoms with E-state index in [1.165, 1.54) is 6.07 Å². The largest absolute Gasteiger partial charge is 0.425 e. The second kappa shape index (κ2) is 4.51. The molecule has 1 saturated carbocycles. The first kappa shape index (κ1) is 14.4. The molecule has 1 aromatic heterocycles. The van der Waals surface area contributed by atoms with E-state index in [1.807, 2.05) is 13.8 Å². The van der Waals surface area contributed by atoms with Gasteiger partial charge in [0.25, 0.3) is 0 Å². The van der Waals surface area contributed by atoms with Gasteiger partial charge in [0.2, 0.25) is 5.91 Å². The molecule has 19 heavy (non-hydrogen) atoms. The van der Waals surface area contributed by atoms with Gasteiger partial charge in [0.15, 0.2) is 0 Å². The van der Waals surface area contributed by atoms with E-state index in [0.29, 0.717) is 17.7 Å². The van der Waals surface area contributed by atoms with Gasteiger partial charge in [0.1, 0.15) is 4.88 Å². The van der Waals surface area contributed by atoms with Gasteiger partial charge < -0.3 is 5.73 Å². The number of rotatable bonds is 4. The van der Waals surface area contributed by atoms with Crippen LogP contribution in [0, 0.1) is 11.3 Å². The fourth-order valence-electron chi connectivity index (χ4n) is 2.76. The first-order valence-corrected chi connectivity index (χ1v) is 6.97. The summed E-state index contributed by atoms with van der Waals surface area (Å²) in [4.78, 5) is 11.6. The zero-order chi connectivity index (χ0) is 14.4. The number of hydrogen-bond donors (Lipinski definition) is 1. The molecule has 0 spiro atoms. The van der Waals surface area contributed by atoms with Crippen LogP contribution in [0.2, 0.25) is 0 Å². The third kappa shape index (κ3) is 2.50. The number of thiophene rings is 1. The number of nitrogens with two attached hydrogens (primary N) is 1. The van der Waals surface area contributed by atoms with E-state index in [1.54, 1.807) is 0 Å². The normalized spacial score (nSPS) is 19.5. The van der Waals surface area contributed by atoms with Crippen molar-refractivity contribution < 1.29 is 18.0 Å². The molecule has 2 N–H and O–H groups in total. The highest BCUT2D eigenvalue weighted by Gasteiger charge is 2.56. The van der Waals surface area contributed by atoms with Crippen molar-refractivity contribution in [2.24, 2.45) is 17.1 Å². The van der Waals surface area contributed by atoms with E-state index in [0.717, 1.165) is 17.4 Å². The Balaban J connectivity index is 2.36. The predicted octanol–water partition coefficient (Wildman–Crippen LogP) is 3.77. The maximum absolute atomic E-state index is 12.7. The maximum atomic E-state index is 12.7. The van der Waals surface area contributed by atoms with Crippen LogP contribution in [0.1, 0.15) is 42.4 Å². The average molecular weight is 291 g/mol. The van der Waals surface area contributed by atoms with Crippen LogP contribution < -0.4 is 5.73 Å². The number of halogens is 3. The molecule has 0 aliphatic heterocycles. The van der Waals surface area contributed by atoms with Crippen LogP contribution in [0.5, 0.6) is 0 Å². The molecule has 0 aromatic carbocycles. The molecule has 1 aromatic rings. The van der Waals surface area contributed by atoms with Crippen molar-refractivity contribution in [2.75, 3.05) is 0 Å². The Morgan fingerprint density at radius 1 is 1.37 bits per heavy atom. The molecule has 1 fully saturated rings. The smallest absolute Gasteiger partial charge is 0.369 e. The Morgan fingerprint density at radius 2 is 1.95 bits per heavy atom. The van der Waals surface area contributed by atoms with E-state index < -0.39 is 22.4 Å². The van der Waals surface area contributed by atoms with Crippen LogP contribution in [0.25, 0.3) is 0 Å². The Hall–Kier alpha value is -1.04. The number of hydrogen-bond acceptors (Lipinski definition) is 2. The van der Waals surface area contributed by atoms with E-state index >= 15 is 0 Å². The van der Waals surface area contributed by atoms with Gasteiger partial charge in [-0.1, -0.05) is 13.8 Å². The van der Waals surface area contributed by atoms with Crippen molar-refractivity contribution in [3.63, 3.8) is 0 Å². The third-order valence-corrected chi connectivity index (χ3v) is 4.97. The molecule has 1 aliphatic rings. The quantitative estimate of drug-likeness (QED) is 0.901. The molecule has 2 rings (SSSR count). The summed E-state index contributed by atoms with van der Waals surface area (Å²) >= 11 is 0.728. The number of carbonyl (C=O) groups excluding carboxylic acids is 1. The molecule has 0 saturated heterocycles. The standard InChI is InChI=1S/C13H16F3NOS/c1-7(2)10(12(5-6-12)11(17)18)8-3-4-9(19-8)13(14,15)16/h3-4,7,10H,5-6H2,1-2H3,(H2,17,18)/t10-/m1/s1. The molecule has 1 amide bonds. The van der Waals surface area contributed by atoms with Crippen LogP contribution >= 0.6 is 11.3 Å². The van der Waals surface area contributed by atoms with Gasteiger partial charge in [-0.05, 0) is 30.9 Å². The van der Waals surface area contributed by atoms with Crippen LogP contribution in [0.15, 0.2) is 12.1 Å². The molecule has 1 heterocycles. The Morgan fingerprint density at radius 3 is 2.26 bits per heavy atom. The van der Waals surface area contributed by atoms with E-state index in [-0.39, 0.29) is 11.8 Å². The summed E-state index contributed by atoms with van der Waals surface area (Å²) < 4.78 is 38.0. The molecule has 0 unspecified atom stereocenters. The second-order valence-electron chi connectivity index (χ2n) is 5.44.